The van der Waals surface area contributed by atoms with Crippen molar-refractivity contribution in [1.82, 2.24) is 0 Å². The summed E-state index contributed by atoms with van der Waals surface area (Å²) in [5.74, 6) is 0. The summed E-state index contributed by atoms with van der Waals surface area (Å²) in [6.45, 7) is 13.9. The Morgan fingerprint density at radius 2 is 1.46 bits per heavy atom. The summed E-state index contributed by atoms with van der Waals surface area (Å²) >= 11 is 0. The Kier molecular flexibility index (Phi) is 3.40. The summed E-state index contributed by atoms with van der Waals surface area (Å²) in [6, 6.07) is 0. The summed E-state index contributed by atoms with van der Waals surface area (Å²) in [5, 5.41) is 3.36. The molecule has 0 amide bonds. The van der Waals surface area contributed by atoms with Crippen LogP contribution in [0.4, 0.5) is 0 Å². The van der Waals surface area contributed by atoms with Gasteiger partial charge in [0.25, 0.3) is 0 Å². The molecule has 3 heteroatoms. The average molecular weight is 231 g/mol. The Morgan fingerprint density at radius 3 is 1.69 bits per heavy atom. The van der Waals surface area contributed by atoms with Crippen LogP contribution in [0.3, 0.4) is 0 Å². The fraction of sp³-hybridized carbons (Fsp3) is 0.800. The van der Waals surface area contributed by atoms with Crippen molar-refractivity contribution in [2.75, 3.05) is 0 Å². The monoisotopic (exact) mass is 231 g/mol. The predicted octanol–water partition coefficient (Wildman–Crippen LogP) is 5.11. The van der Waals surface area contributed by atoms with Crippen LogP contribution in [0.5, 0.6) is 0 Å². The first kappa shape index (κ1) is 11.8. The summed E-state index contributed by atoms with van der Waals surface area (Å²) in [5.41, 5.74) is 0.784. The zero-order valence-corrected chi connectivity index (χ0v) is 12.0. The fourth-order valence-corrected chi connectivity index (χ4v) is 7.71. The van der Waals surface area contributed by atoms with Crippen LogP contribution in [0.2, 0.25) is 0 Å². The van der Waals surface area contributed by atoms with Crippen molar-refractivity contribution in [1.29, 1.82) is 0 Å². The van der Waals surface area contributed by atoms with E-state index in [2.05, 4.69) is 41.5 Å². The van der Waals surface area contributed by atoms with Crippen LogP contribution < -0.4 is 0 Å². The Hall–Kier alpha value is 0.770. The van der Waals surface area contributed by atoms with Crippen LogP contribution in [-0.4, -0.2) is 10.1 Å². The molecule has 0 N–H and O–H groups in total. The molecular weight excluding hydrogens is 213 g/mol. The molecule has 0 saturated carbocycles. The van der Waals surface area contributed by atoms with Gasteiger partial charge in [0, 0.05) is 0 Å². The third kappa shape index (κ3) is 3.13. The van der Waals surface area contributed by atoms with E-state index in [1.807, 2.05) is 0 Å². The minimum atomic E-state index is 0.392. The van der Waals surface area contributed by atoms with Gasteiger partial charge in [0.2, 0.25) is 0 Å². The Balaban J connectivity index is 2.93. The molecular formula is C10H18P3+. The van der Waals surface area contributed by atoms with E-state index in [0.717, 1.165) is 0 Å². The van der Waals surface area contributed by atoms with E-state index in [-0.39, 0.29) is 0 Å². The van der Waals surface area contributed by atoms with E-state index in [1.54, 1.807) is 10.1 Å². The number of hydrogen-bond donors (Lipinski definition) is 0. The van der Waals surface area contributed by atoms with Crippen LogP contribution in [0.25, 0.3) is 0 Å². The fourth-order valence-electron chi connectivity index (χ4n) is 0.875. The van der Waals surface area contributed by atoms with Gasteiger partial charge in [-0.15, -0.1) is 0 Å². The van der Waals surface area contributed by atoms with Crippen LogP contribution in [0.1, 0.15) is 41.5 Å². The summed E-state index contributed by atoms with van der Waals surface area (Å²) in [4.78, 5) is 0. The van der Waals surface area contributed by atoms with E-state index in [9.17, 15) is 0 Å². The first-order valence-electron chi connectivity index (χ1n) is 4.59. The molecule has 0 aliphatic carbocycles. The molecule has 0 spiro atoms. The first-order valence-corrected chi connectivity index (χ1v) is 7.98. The first-order chi connectivity index (χ1) is 5.71. The van der Waals surface area contributed by atoms with Gasteiger partial charge in [0.05, 0.1) is 0 Å². The molecule has 0 nitrogen and oxygen atoms in total. The second-order valence-electron chi connectivity index (χ2n) is 5.46. The topological polar surface area (TPSA) is 0 Å². The molecule has 0 aromatic carbocycles. The van der Waals surface area contributed by atoms with Gasteiger partial charge in [-0.05, 0) is 0 Å². The normalized spacial score (nSPS) is 20.5. The van der Waals surface area contributed by atoms with Crippen molar-refractivity contribution in [3.63, 3.8) is 0 Å². The van der Waals surface area contributed by atoms with Gasteiger partial charge in [-0.3, -0.25) is 0 Å². The summed E-state index contributed by atoms with van der Waals surface area (Å²) in [7, 11) is 4.59. The molecule has 0 aromatic heterocycles. The van der Waals surface area contributed by atoms with Gasteiger partial charge < -0.3 is 0 Å². The maximum atomic E-state index is 2.32. The predicted molar refractivity (Wildman–Crippen MR) is 69.7 cm³/mol. The molecule has 0 saturated heterocycles. The molecule has 1 aliphatic heterocycles. The van der Waals surface area contributed by atoms with E-state index >= 15 is 0 Å². The second-order valence-corrected chi connectivity index (χ2v) is 9.78. The van der Waals surface area contributed by atoms with Gasteiger partial charge in [0.1, 0.15) is 0 Å². The van der Waals surface area contributed by atoms with Crippen molar-refractivity contribution >= 4 is 33.6 Å². The molecule has 72 valence electrons. The third-order valence-corrected chi connectivity index (χ3v) is 9.03. The van der Waals surface area contributed by atoms with Crippen LogP contribution in [0, 0.1) is 10.8 Å². The quantitative estimate of drug-likeness (QED) is 0.508. The number of rotatable bonds is 0. The molecule has 0 aromatic rings. The van der Waals surface area contributed by atoms with Crippen molar-refractivity contribution < 1.29 is 0 Å². The Labute approximate surface area is 86.4 Å². The van der Waals surface area contributed by atoms with Crippen molar-refractivity contribution in [3.8, 4) is 0 Å². The maximum absolute atomic E-state index is 2.32. The standard InChI is InChI=1S/C10H18P3/c1-9(2,3)7-11-8(13-12-7)10(4,5)6/h1-6H3/q+1. The van der Waals surface area contributed by atoms with Gasteiger partial charge in [0.15, 0.2) is 0 Å². The van der Waals surface area contributed by atoms with Crippen LogP contribution >= 0.6 is 23.6 Å². The van der Waals surface area contributed by atoms with E-state index in [4.69, 9.17) is 0 Å². The SMILES string of the molecule is CC(C)(C)C1=PC(C(C)(C)C)=[P+]=P1. The van der Waals surface area contributed by atoms with Crippen molar-refractivity contribution in [2.45, 2.75) is 41.5 Å². The molecule has 1 rings (SSSR count). The Bertz CT molecular complexity index is 304. The van der Waals surface area contributed by atoms with Crippen LogP contribution in [0.15, 0.2) is 0 Å². The van der Waals surface area contributed by atoms with Crippen molar-refractivity contribution in [3.05, 3.63) is 0 Å². The molecule has 1 heterocycles. The van der Waals surface area contributed by atoms with Crippen LogP contribution in [-0.2, 0) is 0 Å². The molecule has 0 unspecified atom stereocenters. The minimum absolute atomic E-state index is 0.392. The van der Waals surface area contributed by atoms with Gasteiger partial charge in [-0.1, -0.05) is 0 Å². The summed E-state index contributed by atoms with van der Waals surface area (Å²) < 4.78 is 0. The van der Waals surface area contributed by atoms with Crippen molar-refractivity contribution in [2.24, 2.45) is 10.8 Å². The van der Waals surface area contributed by atoms with E-state index < -0.39 is 0 Å². The third-order valence-electron chi connectivity index (χ3n) is 1.79. The zero-order valence-electron chi connectivity index (χ0n) is 9.34. The zero-order chi connectivity index (χ0) is 10.3. The average Bonchev–Trinajstić information content (AvgIpc) is 2.28. The number of hydrogen-bond acceptors (Lipinski definition) is 0. The molecule has 0 radical (unpaired) electrons. The Morgan fingerprint density at radius 1 is 0.923 bits per heavy atom. The molecule has 0 fully saturated rings. The van der Waals surface area contributed by atoms with Gasteiger partial charge in [-0.25, -0.2) is 0 Å². The second kappa shape index (κ2) is 3.73. The molecule has 1 aliphatic rings. The van der Waals surface area contributed by atoms with Gasteiger partial charge in [-0.2, -0.15) is 0 Å². The summed E-state index contributed by atoms with van der Waals surface area (Å²) in [6.07, 6.45) is 0. The molecule has 0 atom stereocenters. The van der Waals surface area contributed by atoms with E-state index in [0.29, 0.717) is 10.8 Å². The van der Waals surface area contributed by atoms with E-state index in [1.165, 1.54) is 23.6 Å². The molecule has 0 bridgehead atoms. The van der Waals surface area contributed by atoms with Gasteiger partial charge >= 0.3 is 86.0 Å². The molecule has 13 heavy (non-hydrogen) atoms.